The van der Waals surface area contributed by atoms with E-state index in [-0.39, 0.29) is 17.9 Å². The van der Waals surface area contributed by atoms with Crippen molar-refractivity contribution >= 4 is 23.2 Å². The lowest BCUT2D eigenvalue weighted by molar-refractivity contribution is -0.143. The van der Waals surface area contributed by atoms with Crippen LogP contribution in [0.1, 0.15) is 42.7 Å². The Kier molecular flexibility index (Phi) is 5.02. The van der Waals surface area contributed by atoms with E-state index < -0.39 is 5.97 Å². The fraction of sp³-hybridized carbons (Fsp3) is 0.647. The second kappa shape index (κ2) is 7.01. The fourth-order valence-electron chi connectivity index (χ4n) is 3.76. The first-order valence-electron chi connectivity index (χ1n) is 8.41. The molecule has 0 aliphatic carbocycles. The molecule has 6 heteroatoms. The highest BCUT2D eigenvalue weighted by atomic mass is 32.1. The second-order valence-electron chi connectivity index (χ2n) is 6.45. The van der Waals surface area contributed by atoms with Gasteiger partial charge in [0.15, 0.2) is 0 Å². The molecule has 1 atom stereocenters. The van der Waals surface area contributed by atoms with Gasteiger partial charge in [-0.1, -0.05) is 6.92 Å². The van der Waals surface area contributed by atoms with Gasteiger partial charge in [-0.15, -0.1) is 11.3 Å². The molecular formula is C17H24N2O3S. The van der Waals surface area contributed by atoms with Crippen LogP contribution in [-0.4, -0.2) is 53.0 Å². The predicted octanol–water partition coefficient (Wildman–Crippen LogP) is 2.38. The van der Waals surface area contributed by atoms with Gasteiger partial charge in [0.25, 0.3) is 0 Å². The maximum Gasteiger partial charge on any atom is 0.306 e. The number of carboxylic acids is 1. The van der Waals surface area contributed by atoms with Gasteiger partial charge in [0.1, 0.15) is 0 Å². The van der Waals surface area contributed by atoms with E-state index in [1.807, 2.05) is 4.90 Å². The van der Waals surface area contributed by atoms with E-state index in [2.05, 4.69) is 23.3 Å². The summed E-state index contributed by atoms with van der Waals surface area (Å²) in [6.07, 6.45) is 3.19. The van der Waals surface area contributed by atoms with Crippen molar-refractivity contribution in [1.29, 1.82) is 0 Å². The zero-order valence-electron chi connectivity index (χ0n) is 13.5. The number of amides is 1. The third-order valence-corrected chi connectivity index (χ3v) is 6.09. The average Bonchev–Trinajstić information content (AvgIpc) is 3.02. The van der Waals surface area contributed by atoms with Gasteiger partial charge >= 0.3 is 5.97 Å². The van der Waals surface area contributed by atoms with Crippen LogP contribution in [0.2, 0.25) is 0 Å². The van der Waals surface area contributed by atoms with Gasteiger partial charge in [-0.05, 0) is 55.8 Å². The zero-order valence-corrected chi connectivity index (χ0v) is 14.3. The lowest BCUT2D eigenvalue weighted by Crippen LogP contribution is -2.47. The molecule has 3 heterocycles. The van der Waals surface area contributed by atoms with Gasteiger partial charge in [0.05, 0.1) is 18.5 Å². The summed E-state index contributed by atoms with van der Waals surface area (Å²) in [5, 5.41) is 11.2. The van der Waals surface area contributed by atoms with Crippen LogP contribution in [0.15, 0.2) is 11.4 Å². The Morgan fingerprint density at radius 1 is 1.30 bits per heavy atom. The first kappa shape index (κ1) is 16.5. The maximum atomic E-state index is 12.8. The van der Waals surface area contributed by atoms with E-state index >= 15 is 0 Å². The van der Waals surface area contributed by atoms with Crippen molar-refractivity contribution in [3.63, 3.8) is 0 Å². The van der Waals surface area contributed by atoms with Crippen molar-refractivity contribution < 1.29 is 14.7 Å². The quantitative estimate of drug-likeness (QED) is 0.917. The molecule has 2 aliphatic rings. The number of aliphatic carboxylic acids is 1. The van der Waals surface area contributed by atoms with E-state index in [4.69, 9.17) is 5.11 Å². The van der Waals surface area contributed by atoms with E-state index in [1.54, 1.807) is 11.3 Å². The standard InChI is InChI=1S/C17H24N2O3S/c1-2-14-13-6-10-23-15(13)5-9-19(14)16(20)11-18-7-3-12(4-8-18)17(21)22/h6,10,12,14H,2-5,7-9,11H2,1H3,(H,21,22). The number of carbonyl (C=O) groups is 2. The minimum absolute atomic E-state index is 0.183. The highest BCUT2D eigenvalue weighted by Gasteiger charge is 2.32. The number of carboxylic acid groups (broad SMARTS) is 1. The van der Waals surface area contributed by atoms with E-state index in [1.165, 1.54) is 10.4 Å². The number of carbonyl (C=O) groups excluding carboxylic acids is 1. The molecule has 0 spiro atoms. The SMILES string of the molecule is CCC1c2ccsc2CCN1C(=O)CN1CCC(C(=O)O)CC1. The number of nitrogens with zero attached hydrogens (tertiary/aromatic N) is 2. The topological polar surface area (TPSA) is 60.9 Å². The molecule has 1 amide bonds. The summed E-state index contributed by atoms with van der Waals surface area (Å²) in [6.45, 7) is 4.77. The lowest BCUT2D eigenvalue weighted by Gasteiger charge is -2.37. The molecule has 1 fully saturated rings. The van der Waals surface area contributed by atoms with Crippen molar-refractivity contribution in [2.45, 2.75) is 38.6 Å². The Morgan fingerprint density at radius 3 is 2.70 bits per heavy atom. The summed E-state index contributed by atoms with van der Waals surface area (Å²) >= 11 is 1.79. The molecule has 2 aliphatic heterocycles. The van der Waals surface area contributed by atoms with Crippen molar-refractivity contribution in [2.75, 3.05) is 26.2 Å². The van der Waals surface area contributed by atoms with Crippen LogP contribution >= 0.6 is 11.3 Å². The number of likely N-dealkylation sites (tertiary alicyclic amines) is 1. The summed E-state index contributed by atoms with van der Waals surface area (Å²) in [4.78, 5) is 29.3. The molecule has 3 rings (SSSR count). The summed E-state index contributed by atoms with van der Waals surface area (Å²) < 4.78 is 0. The first-order valence-corrected chi connectivity index (χ1v) is 9.29. The number of hydrogen-bond donors (Lipinski definition) is 1. The largest absolute Gasteiger partial charge is 0.481 e. The van der Waals surface area contributed by atoms with Gasteiger partial charge in [-0.3, -0.25) is 14.5 Å². The minimum Gasteiger partial charge on any atom is -0.481 e. The van der Waals surface area contributed by atoms with Crippen LogP contribution in [0, 0.1) is 5.92 Å². The molecule has 1 unspecified atom stereocenters. The Bertz CT molecular complexity index is 578. The third-order valence-electron chi connectivity index (χ3n) is 5.10. The molecule has 0 bridgehead atoms. The Morgan fingerprint density at radius 2 is 2.04 bits per heavy atom. The van der Waals surface area contributed by atoms with Crippen LogP contribution in [0.5, 0.6) is 0 Å². The van der Waals surface area contributed by atoms with Gasteiger partial charge < -0.3 is 10.0 Å². The lowest BCUT2D eigenvalue weighted by atomic mass is 9.96. The number of piperidine rings is 1. The van der Waals surface area contributed by atoms with E-state index in [9.17, 15) is 9.59 Å². The van der Waals surface area contributed by atoms with Gasteiger partial charge in [0.2, 0.25) is 5.91 Å². The zero-order chi connectivity index (χ0) is 16.4. The fourth-order valence-corrected chi connectivity index (χ4v) is 4.68. The number of fused-ring (bicyclic) bond motifs is 1. The second-order valence-corrected chi connectivity index (χ2v) is 7.45. The summed E-state index contributed by atoms with van der Waals surface area (Å²) in [5.74, 6) is -0.765. The predicted molar refractivity (Wildman–Crippen MR) is 89.6 cm³/mol. The molecule has 1 aromatic heterocycles. The van der Waals surface area contributed by atoms with Crippen molar-refractivity contribution in [2.24, 2.45) is 5.92 Å². The minimum atomic E-state index is -0.706. The molecule has 0 aromatic carbocycles. The monoisotopic (exact) mass is 336 g/mol. The molecule has 0 radical (unpaired) electrons. The van der Waals surface area contributed by atoms with Crippen LogP contribution in [-0.2, 0) is 16.0 Å². The van der Waals surface area contributed by atoms with Crippen LogP contribution < -0.4 is 0 Å². The molecule has 0 saturated carbocycles. The summed E-state index contributed by atoms with van der Waals surface area (Å²) in [7, 11) is 0. The highest BCUT2D eigenvalue weighted by Crippen LogP contribution is 2.35. The molecule has 1 saturated heterocycles. The maximum absolute atomic E-state index is 12.8. The molecule has 23 heavy (non-hydrogen) atoms. The van der Waals surface area contributed by atoms with Crippen molar-refractivity contribution in [1.82, 2.24) is 9.80 Å². The third kappa shape index (κ3) is 3.43. The van der Waals surface area contributed by atoms with Gasteiger partial charge in [-0.2, -0.15) is 0 Å². The van der Waals surface area contributed by atoms with Gasteiger partial charge in [0, 0.05) is 11.4 Å². The molecule has 1 N–H and O–H groups in total. The molecular weight excluding hydrogens is 312 g/mol. The molecule has 5 nitrogen and oxygen atoms in total. The van der Waals surface area contributed by atoms with Crippen molar-refractivity contribution in [3.8, 4) is 0 Å². The highest BCUT2D eigenvalue weighted by molar-refractivity contribution is 7.10. The molecule has 1 aromatic rings. The number of thiophene rings is 1. The van der Waals surface area contributed by atoms with E-state index in [0.29, 0.717) is 32.5 Å². The number of rotatable bonds is 4. The normalized spacial score (nSPS) is 22.8. The molecule has 126 valence electrons. The van der Waals surface area contributed by atoms with Gasteiger partial charge in [-0.25, -0.2) is 0 Å². The van der Waals surface area contributed by atoms with Crippen LogP contribution in [0.25, 0.3) is 0 Å². The number of hydrogen-bond acceptors (Lipinski definition) is 4. The summed E-state index contributed by atoms with van der Waals surface area (Å²) in [6, 6.07) is 2.36. The van der Waals surface area contributed by atoms with Crippen LogP contribution in [0.4, 0.5) is 0 Å². The Labute approximate surface area is 140 Å². The Hall–Kier alpha value is -1.40. The van der Waals surface area contributed by atoms with Crippen LogP contribution in [0.3, 0.4) is 0 Å². The smallest absolute Gasteiger partial charge is 0.306 e. The Balaban J connectivity index is 1.60. The summed E-state index contributed by atoms with van der Waals surface area (Å²) in [5.41, 5.74) is 1.32. The van der Waals surface area contributed by atoms with E-state index in [0.717, 1.165) is 19.4 Å². The first-order chi connectivity index (χ1) is 11.1. The van der Waals surface area contributed by atoms with Crippen molar-refractivity contribution in [3.05, 3.63) is 21.9 Å². The average molecular weight is 336 g/mol.